The number of fused-ring (bicyclic) bond motifs is 1. The standard InChI is InChI=1S/C29H23F3N4O3/c1-3-8-20-15-19(16-25(38-4-2)26(20)39-14-13-33)18-34-36-27(21-9-7-10-22(17-21)29(30,31)32)35-24-12-6-5-11-23(24)28(36)37/h3,5-7,9-12,15-18H,1,4,8,14H2,2H3. The van der Waals surface area contributed by atoms with Crippen molar-refractivity contribution in [2.75, 3.05) is 13.2 Å². The minimum atomic E-state index is -4.58. The average Bonchev–Trinajstić information content (AvgIpc) is 2.92. The van der Waals surface area contributed by atoms with Gasteiger partial charge in [0.05, 0.1) is 29.3 Å². The molecule has 7 nitrogen and oxygen atoms in total. The maximum atomic E-state index is 13.4. The van der Waals surface area contributed by atoms with E-state index in [4.69, 9.17) is 14.7 Å². The third-order valence-electron chi connectivity index (χ3n) is 5.62. The Balaban J connectivity index is 1.90. The average molecular weight is 533 g/mol. The van der Waals surface area contributed by atoms with Crippen molar-refractivity contribution >= 4 is 17.1 Å². The summed E-state index contributed by atoms with van der Waals surface area (Å²) >= 11 is 0. The predicted molar refractivity (Wildman–Crippen MR) is 142 cm³/mol. The zero-order chi connectivity index (χ0) is 28.0. The number of aromatic nitrogens is 2. The van der Waals surface area contributed by atoms with Crippen LogP contribution in [0.2, 0.25) is 0 Å². The van der Waals surface area contributed by atoms with Crippen LogP contribution in [0.3, 0.4) is 0 Å². The molecule has 0 aliphatic carbocycles. The van der Waals surface area contributed by atoms with Crippen molar-refractivity contribution in [3.63, 3.8) is 0 Å². The van der Waals surface area contributed by atoms with Crippen molar-refractivity contribution < 1.29 is 22.6 Å². The first-order valence-corrected chi connectivity index (χ1v) is 11.9. The van der Waals surface area contributed by atoms with Crippen molar-refractivity contribution in [3.8, 4) is 29.0 Å². The molecule has 0 atom stereocenters. The summed E-state index contributed by atoms with van der Waals surface area (Å²) in [5.74, 6) is 0.714. The Hall–Kier alpha value is -4.91. The minimum Gasteiger partial charge on any atom is -0.490 e. The third kappa shape index (κ3) is 5.99. The number of para-hydroxylation sites is 1. The number of benzene rings is 3. The molecule has 0 aliphatic heterocycles. The lowest BCUT2D eigenvalue weighted by molar-refractivity contribution is -0.137. The molecule has 198 valence electrons. The molecule has 0 amide bonds. The molecule has 4 aromatic rings. The van der Waals surface area contributed by atoms with Crippen molar-refractivity contribution in [2.45, 2.75) is 19.5 Å². The molecule has 1 heterocycles. The van der Waals surface area contributed by atoms with Gasteiger partial charge in [-0.1, -0.05) is 30.3 Å². The minimum absolute atomic E-state index is 0.0497. The maximum absolute atomic E-state index is 13.4. The Morgan fingerprint density at radius 3 is 2.64 bits per heavy atom. The monoisotopic (exact) mass is 532 g/mol. The molecular formula is C29H23F3N4O3. The predicted octanol–water partition coefficient (Wildman–Crippen LogP) is 5.99. The van der Waals surface area contributed by atoms with Crippen LogP contribution in [0.5, 0.6) is 11.5 Å². The number of nitriles is 1. The summed E-state index contributed by atoms with van der Waals surface area (Å²) < 4.78 is 52.6. The van der Waals surface area contributed by atoms with Crippen molar-refractivity contribution in [2.24, 2.45) is 5.10 Å². The fraction of sp³-hybridized carbons (Fsp3) is 0.172. The second-order valence-electron chi connectivity index (χ2n) is 8.27. The number of nitrogens with zero attached hydrogens (tertiary/aromatic N) is 4. The highest BCUT2D eigenvalue weighted by Crippen LogP contribution is 2.34. The zero-order valence-corrected chi connectivity index (χ0v) is 20.9. The molecule has 10 heteroatoms. The van der Waals surface area contributed by atoms with Gasteiger partial charge in [-0.25, -0.2) is 4.98 Å². The Bertz CT molecular complexity index is 1650. The van der Waals surface area contributed by atoms with E-state index in [1.54, 1.807) is 49.4 Å². The highest BCUT2D eigenvalue weighted by atomic mass is 19.4. The van der Waals surface area contributed by atoms with Crippen LogP contribution >= 0.6 is 0 Å². The summed E-state index contributed by atoms with van der Waals surface area (Å²) in [5, 5.41) is 13.6. The number of allylic oxidation sites excluding steroid dienone is 1. The first-order chi connectivity index (χ1) is 18.8. The number of hydrogen-bond acceptors (Lipinski definition) is 6. The highest BCUT2D eigenvalue weighted by molar-refractivity contribution is 5.83. The number of halogens is 3. The lowest BCUT2D eigenvalue weighted by Crippen LogP contribution is -2.20. The molecule has 0 unspecified atom stereocenters. The normalized spacial score (nSPS) is 11.5. The van der Waals surface area contributed by atoms with Crippen LogP contribution in [0.25, 0.3) is 22.3 Å². The summed E-state index contributed by atoms with van der Waals surface area (Å²) in [4.78, 5) is 17.9. The topological polar surface area (TPSA) is 89.5 Å². The molecule has 39 heavy (non-hydrogen) atoms. The van der Waals surface area contributed by atoms with E-state index < -0.39 is 17.3 Å². The van der Waals surface area contributed by atoms with E-state index in [0.29, 0.717) is 41.2 Å². The van der Waals surface area contributed by atoms with Gasteiger partial charge in [0.2, 0.25) is 0 Å². The van der Waals surface area contributed by atoms with Gasteiger partial charge in [-0.05, 0) is 55.3 Å². The van der Waals surface area contributed by atoms with E-state index in [1.807, 2.05) is 6.07 Å². The van der Waals surface area contributed by atoms with Gasteiger partial charge in [0.15, 0.2) is 23.9 Å². The van der Waals surface area contributed by atoms with E-state index >= 15 is 0 Å². The van der Waals surface area contributed by atoms with Gasteiger partial charge < -0.3 is 9.47 Å². The second kappa shape index (κ2) is 11.6. The number of hydrogen-bond donors (Lipinski definition) is 0. The van der Waals surface area contributed by atoms with Crippen LogP contribution in [0.1, 0.15) is 23.6 Å². The fourth-order valence-electron chi connectivity index (χ4n) is 3.97. The smallest absolute Gasteiger partial charge is 0.416 e. The third-order valence-corrected chi connectivity index (χ3v) is 5.62. The van der Waals surface area contributed by atoms with E-state index in [1.165, 1.54) is 18.3 Å². The summed E-state index contributed by atoms with van der Waals surface area (Å²) in [7, 11) is 0. The van der Waals surface area contributed by atoms with Gasteiger partial charge in [0, 0.05) is 11.1 Å². The zero-order valence-electron chi connectivity index (χ0n) is 20.9. The van der Waals surface area contributed by atoms with E-state index in [9.17, 15) is 18.0 Å². The quantitative estimate of drug-likeness (QED) is 0.195. The van der Waals surface area contributed by atoms with Gasteiger partial charge >= 0.3 is 6.18 Å². The molecule has 0 bridgehead atoms. The lowest BCUT2D eigenvalue weighted by Gasteiger charge is -2.15. The van der Waals surface area contributed by atoms with Crippen LogP contribution in [-0.2, 0) is 12.6 Å². The number of ether oxygens (including phenoxy) is 2. The molecule has 0 saturated heterocycles. The van der Waals surface area contributed by atoms with Crippen molar-refractivity contribution in [3.05, 3.63) is 100 Å². The second-order valence-corrected chi connectivity index (χ2v) is 8.27. The Kier molecular flexibility index (Phi) is 8.10. The largest absolute Gasteiger partial charge is 0.490 e. The highest BCUT2D eigenvalue weighted by Gasteiger charge is 2.31. The fourth-order valence-corrected chi connectivity index (χ4v) is 3.97. The van der Waals surface area contributed by atoms with Crippen molar-refractivity contribution in [1.82, 2.24) is 9.66 Å². The van der Waals surface area contributed by atoms with Crippen LogP contribution in [0.15, 0.2) is 83.2 Å². The van der Waals surface area contributed by atoms with E-state index in [2.05, 4.69) is 16.7 Å². The maximum Gasteiger partial charge on any atom is 0.416 e. The first-order valence-electron chi connectivity index (χ1n) is 11.9. The molecular weight excluding hydrogens is 509 g/mol. The van der Waals surface area contributed by atoms with Gasteiger partial charge in [-0.2, -0.15) is 28.2 Å². The molecule has 4 rings (SSSR count). The molecule has 0 saturated carbocycles. The van der Waals surface area contributed by atoms with E-state index in [-0.39, 0.29) is 23.4 Å². The van der Waals surface area contributed by atoms with Gasteiger partial charge in [0.25, 0.3) is 5.56 Å². The number of alkyl halides is 3. The molecule has 1 aromatic heterocycles. The molecule has 3 aromatic carbocycles. The Labute approximate surface area is 222 Å². The Morgan fingerprint density at radius 1 is 1.13 bits per heavy atom. The van der Waals surface area contributed by atoms with Crippen LogP contribution in [0, 0.1) is 11.3 Å². The first kappa shape index (κ1) is 27.1. The summed E-state index contributed by atoms with van der Waals surface area (Å²) in [6, 6.07) is 16.4. The molecule has 0 spiro atoms. The van der Waals surface area contributed by atoms with Crippen LogP contribution < -0.4 is 15.0 Å². The summed E-state index contributed by atoms with van der Waals surface area (Å²) in [6.07, 6.45) is -1.13. The molecule has 0 radical (unpaired) electrons. The summed E-state index contributed by atoms with van der Waals surface area (Å²) in [6.45, 7) is 5.69. The molecule has 0 aliphatic rings. The van der Waals surface area contributed by atoms with Crippen LogP contribution in [0.4, 0.5) is 13.2 Å². The van der Waals surface area contributed by atoms with Gasteiger partial charge in [-0.15, -0.1) is 6.58 Å². The van der Waals surface area contributed by atoms with Gasteiger partial charge in [-0.3, -0.25) is 4.79 Å². The number of rotatable bonds is 9. The molecule has 0 fully saturated rings. The summed E-state index contributed by atoms with van der Waals surface area (Å²) in [5.41, 5.74) is 0.181. The SMILES string of the molecule is C=CCc1cc(C=Nn2c(-c3cccc(C(F)(F)F)c3)nc3ccccc3c2=O)cc(OCC)c1OCC#N. The molecule has 0 N–H and O–H groups in total. The Morgan fingerprint density at radius 2 is 1.92 bits per heavy atom. The van der Waals surface area contributed by atoms with Crippen LogP contribution in [-0.4, -0.2) is 29.1 Å². The van der Waals surface area contributed by atoms with Crippen molar-refractivity contribution in [1.29, 1.82) is 5.26 Å². The lowest BCUT2D eigenvalue weighted by atomic mass is 10.1. The van der Waals surface area contributed by atoms with E-state index in [0.717, 1.165) is 16.8 Å². The van der Waals surface area contributed by atoms with Gasteiger partial charge in [0.1, 0.15) is 6.07 Å².